The second-order valence-electron chi connectivity index (χ2n) is 5.63. The van der Waals surface area contributed by atoms with Crippen molar-refractivity contribution in [3.8, 4) is 6.07 Å². The molecule has 1 saturated carbocycles. The number of aromatic amines is 1. The molecule has 1 heterocycles. The molecule has 2 rings (SSSR count). The van der Waals surface area contributed by atoms with Crippen LogP contribution in [0.3, 0.4) is 0 Å². The molecule has 128 valence electrons. The fourth-order valence-electron chi connectivity index (χ4n) is 2.56. The van der Waals surface area contributed by atoms with E-state index in [0.717, 1.165) is 37.4 Å². The molecule has 1 fully saturated rings. The fraction of sp³-hybridized carbons (Fsp3) is 0.500. The normalized spacial score (nSPS) is 14.2. The maximum atomic E-state index is 11.7. The standard InChI is InChI=1S/C16H19N3O4S/c1-10-6-13(20)19-16(12(10)7-17)24-9-15(22)23-8-14(21)18-11-4-2-3-5-11/h6,11H,2-5,8-9H2,1H3,(H,18,21)(H,19,20). The molecule has 0 aromatic carbocycles. The first-order valence-corrected chi connectivity index (χ1v) is 8.70. The number of esters is 1. The predicted molar refractivity (Wildman–Crippen MR) is 88.6 cm³/mol. The third-order valence-corrected chi connectivity index (χ3v) is 4.71. The molecule has 2 N–H and O–H groups in total. The summed E-state index contributed by atoms with van der Waals surface area (Å²) in [5, 5.41) is 12.3. The Balaban J connectivity index is 1.80. The molecule has 7 nitrogen and oxygen atoms in total. The Labute approximate surface area is 143 Å². The van der Waals surface area contributed by atoms with Gasteiger partial charge >= 0.3 is 5.97 Å². The topological polar surface area (TPSA) is 112 Å². The highest BCUT2D eigenvalue weighted by Gasteiger charge is 2.18. The van der Waals surface area contributed by atoms with Gasteiger partial charge in [0.25, 0.3) is 5.91 Å². The summed E-state index contributed by atoms with van der Waals surface area (Å²) >= 11 is 1.01. The largest absolute Gasteiger partial charge is 0.455 e. The average molecular weight is 349 g/mol. The van der Waals surface area contributed by atoms with Crippen LogP contribution in [0.1, 0.15) is 36.8 Å². The Morgan fingerprint density at radius 1 is 1.46 bits per heavy atom. The molecule has 0 bridgehead atoms. The van der Waals surface area contributed by atoms with Crippen LogP contribution in [0.4, 0.5) is 0 Å². The third kappa shape index (κ3) is 5.13. The van der Waals surface area contributed by atoms with Gasteiger partial charge in [-0.1, -0.05) is 24.6 Å². The number of rotatable bonds is 6. The summed E-state index contributed by atoms with van der Waals surface area (Å²) in [4.78, 5) is 37.4. The van der Waals surface area contributed by atoms with E-state index in [1.807, 2.05) is 6.07 Å². The minimum absolute atomic E-state index is 0.0925. The molecule has 1 aromatic heterocycles. The Morgan fingerprint density at radius 2 is 2.17 bits per heavy atom. The van der Waals surface area contributed by atoms with Crippen LogP contribution in [-0.4, -0.2) is 35.3 Å². The van der Waals surface area contributed by atoms with Gasteiger partial charge in [0.1, 0.15) is 6.07 Å². The number of hydrogen-bond acceptors (Lipinski definition) is 6. The van der Waals surface area contributed by atoms with Crippen LogP contribution < -0.4 is 10.9 Å². The fourth-order valence-corrected chi connectivity index (χ4v) is 3.43. The summed E-state index contributed by atoms with van der Waals surface area (Å²) in [6, 6.07) is 3.51. The zero-order valence-electron chi connectivity index (χ0n) is 13.4. The number of nitrogens with one attached hydrogen (secondary N) is 2. The van der Waals surface area contributed by atoms with Crippen LogP contribution in [-0.2, 0) is 14.3 Å². The van der Waals surface area contributed by atoms with E-state index >= 15 is 0 Å². The molecule has 0 unspecified atom stereocenters. The van der Waals surface area contributed by atoms with Crippen molar-refractivity contribution in [2.75, 3.05) is 12.4 Å². The van der Waals surface area contributed by atoms with Crippen molar-refractivity contribution in [2.24, 2.45) is 0 Å². The number of hydrogen-bond donors (Lipinski definition) is 2. The Kier molecular flexibility index (Phi) is 6.44. The summed E-state index contributed by atoms with van der Waals surface area (Å²) < 4.78 is 4.92. The number of pyridine rings is 1. The molecule has 8 heteroatoms. The number of carbonyl (C=O) groups excluding carboxylic acids is 2. The third-order valence-electron chi connectivity index (χ3n) is 3.74. The monoisotopic (exact) mass is 349 g/mol. The Bertz CT molecular complexity index is 717. The molecule has 0 spiro atoms. The van der Waals surface area contributed by atoms with E-state index in [1.165, 1.54) is 6.07 Å². The summed E-state index contributed by atoms with van der Waals surface area (Å²) in [5.74, 6) is -0.972. The number of nitrogens with zero attached hydrogens (tertiary/aromatic N) is 1. The predicted octanol–water partition coefficient (Wildman–Crippen LogP) is 1.25. The number of H-pyrrole nitrogens is 1. The van der Waals surface area contributed by atoms with Crippen molar-refractivity contribution < 1.29 is 14.3 Å². The first-order valence-electron chi connectivity index (χ1n) is 7.71. The molecule has 0 saturated heterocycles. The number of thioether (sulfide) groups is 1. The first-order chi connectivity index (χ1) is 11.5. The van der Waals surface area contributed by atoms with Gasteiger partial charge in [-0.15, -0.1) is 0 Å². The molecule has 1 aliphatic rings. The lowest BCUT2D eigenvalue weighted by Gasteiger charge is -2.12. The molecule has 1 amide bonds. The maximum Gasteiger partial charge on any atom is 0.316 e. The molecule has 0 atom stereocenters. The van der Waals surface area contributed by atoms with Gasteiger partial charge in [0, 0.05) is 12.1 Å². The lowest BCUT2D eigenvalue weighted by Crippen LogP contribution is -2.36. The molecular formula is C16H19N3O4S. The van der Waals surface area contributed by atoms with E-state index in [9.17, 15) is 14.4 Å². The zero-order chi connectivity index (χ0) is 17.5. The van der Waals surface area contributed by atoms with Crippen LogP contribution in [0.5, 0.6) is 0 Å². The molecule has 0 aliphatic heterocycles. The van der Waals surface area contributed by atoms with E-state index in [0.29, 0.717) is 16.2 Å². The molecule has 1 aromatic rings. The van der Waals surface area contributed by atoms with Gasteiger partial charge in [-0.3, -0.25) is 14.4 Å². The van der Waals surface area contributed by atoms with Crippen molar-refractivity contribution in [3.63, 3.8) is 0 Å². The number of carbonyl (C=O) groups is 2. The molecule has 24 heavy (non-hydrogen) atoms. The van der Waals surface area contributed by atoms with Crippen molar-refractivity contribution >= 4 is 23.6 Å². The molecule has 1 aliphatic carbocycles. The van der Waals surface area contributed by atoms with Gasteiger partial charge < -0.3 is 15.0 Å². The van der Waals surface area contributed by atoms with Crippen molar-refractivity contribution in [1.29, 1.82) is 5.26 Å². The Morgan fingerprint density at radius 3 is 2.83 bits per heavy atom. The van der Waals surface area contributed by atoms with Gasteiger partial charge in [-0.25, -0.2) is 0 Å². The maximum absolute atomic E-state index is 11.7. The van der Waals surface area contributed by atoms with Crippen LogP contribution in [0, 0.1) is 18.3 Å². The SMILES string of the molecule is Cc1cc(=O)[nH]c(SCC(=O)OCC(=O)NC2CCCC2)c1C#N. The molecule has 0 radical (unpaired) electrons. The highest BCUT2D eigenvalue weighted by Crippen LogP contribution is 2.21. The number of aryl methyl sites for hydroxylation is 1. The van der Waals surface area contributed by atoms with Crippen molar-refractivity contribution in [3.05, 3.63) is 27.5 Å². The van der Waals surface area contributed by atoms with Crippen molar-refractivity contribution in [2.45, 2.75) is 43.7 Å². The first kappa shape index (κ1) is 18.1. The lowest BCUT2D eigenvalue weighted by atomic mass is 10.2. The van der Waals surface area contributed by atoms with Gasteiger partial charge in [0.15, 0.2) is 6.61 Å². The summed E-state index contributed by atoms with van der Waals surface area (Å²) in [6.07, 6.45) is 4.15. The Hall–Kier alpha value is -2.27. The number of nitriles is 1. The number of amides is 1. The zero-order valence-corrected chi connectivity index (χ0v) is 14.2. The van der Waals surface area contributed by atoms with Crippen LogP contribution in [0.25, 0.3) is 0 Å². The van der Waals surface area contributed by atoms with E-state index in [4.69, 9.17) is 10.00 Å². The van der Waals surface area contributed by atoms with Gasteiger partial charge in [0.05, 0.1) is 16.3 Å². The minimum atomic E-state index is -0.576. The van der Waals surface area contributed by atoms with E-state index in [1.54, 1.807) is 6.92 Å². The van der Waals surface area contributed by atoms with E-state index in [2.05, 4.69) is 10.3 Å². The highest BCUT2D eigenvalue weighted by atomic mass is 32.2. The minimum Gasteiger partial charge on any atom is -0.455 e. The molecular weight excluding hydrogens is 330 g/mol. The van der Waals surface area contributed by atoms with E-state index < -0.39 is 5.97 Å². The van der Waals surface area contributed by atoms with Crippen molar-refractivity contribution in [1.82, 2.24) is 10.3 Å². The lowest BCUT2D eigenvalue weighted by molar-refractivity contribution is -0.146. The number of ether oxygens (including phenoxy) is 1. The van der Waals surface area contributed by atoms with Gasteiger partial charge in [-0.2, -0.15) is 5.26 Å². The van der Waals surface area contributed by atoms with Gasteiger partial charge in [0.2, 0.25) is 5.56 Å². The quantitative estimate of drug-likeness (QED) is 0.590. The van der Waals surface area contributed by atoms with Crippen LogP contribution in [0.2, 0.25) is 0 Å². The number of aromatic nitrogens is 1. The second-order valence-corrected chi connectivity index (χ2v) is 6.62. The summed E-state index contributed by atoms with van der Waals surface area (Å²) in [6.45, 7) is 1.34. The average Bonchev–Trinajstić information content (AvgIpc) is 3.03. The summed E-state index contributed by atoms with van der Waals surface area (Å²) in [7, 11) is 0. The van der Waals surface area contributed by atoms with Crippen LogP contribution >= 0.6 is 11.8 Å². The highest BCUT2D eigenvalue weighted by molar-refractivity contribution is 7.99. The van der Waals surface area contributed by atoms with Crippen LogP contribution in [0.15, 0.2) is 15.9 Å². The van der Waals surface area contributed by atoms with Gasteiger partial charge in [-0.05, 0) is 25.3 Å². The second kappa shape index (κ2) is 8.55. The smallest absolute Gasteiger partial charge is 0.316 e. The van der Waals surface area contributed by atoms with E-state index in [-0.39, 0.29) is 29.9 Å². The summed E-state index contributed by atoms with van der Waals surface area (Å²) in [5.41, 5.74) is 0.540.